The van der Waals surface area contributed by atoms with Crippen molar-refractivity contribution in [3.63, 3.8) is 0 Å². The van der Waals surface area contributed by atoms with Gasteiger partial charge in [-0.15, -0.1) is 0 Å². The van der Waals surface area contributed by atoms with Crippen molar-refractivity contribution >= 4 is 22.0 Å². The Morgan fingerprint density at radius 2 is 1.03 bits per heavy atom. The van der Waals surface area contributed by atoms with Crippen molar-refractivity contribution in [2.24, 2.45) is 11.7 Å². The summed E-state index contributed by atoms with van der Waals surface area (Å²) in [6.45, 7) is 4.37. The maximum absolute atomic E-state index is 12.3. The number of carbonyl (C=O) groups excluding carboxylic acids is 2. The first-order valence-electron chi connectivity index (χ1n) is 14.6. The molecule has 2 atom stereocenters. The summed E-state index contributed by atoms with van der Waals surface area (Å²) in [6.07, 6.45) is 20.1. The number of rotatable bonds is 26. The molecule has 0 aliphatic rings. The van der Waals surface area contributed by atoms with Crippen LogP contribution in [-0.2, 0) is 19.7 Å². The zero-order valence-corrected chi connectivity index (χ0v) is 26.9. The smallest absolute Gasteiger partial charge is 0.548 e. The molecule has 0 aliphatic carbocycles. The van der Waals surface area contributed by atoms with Crippen molar-refractivity contribution in [3.8, 4) is 0 Å². The quantitative estimate of drug-likeness (QED) is 0.0956. The third-order valence-corrected chi connectivity index (χ3v) is 9.04. The fraction of sp³-hybridized carbons (Fsp3) is 0.929. The zero-order chi connectivity index (χ0) is 27.3. The van der Waals surface area contributed by atoms with E-state index in [1.54, 1.807) is 0 Å². The van der Waals surface area contributed by atoms with Gasteiger partial charge in [-0.1, -0.05) is 142 Å². The molecule has 3 N–H and O–H groups in total. The average Bonchev–Trinajstić information content (AvgIpc) is 2.80. The van der Waals surface area contributed by atoms with Crippen LogP contribution in [0.4, 0.5) is 0 Å². The molecule has 0 spiro atoms. The molecule has 0 aromatic carbocycles. The van der Waals surface area contributed by atoms with Crippen LogP contribution in [0.2, 0.25) is 0 Å². The van der Waals surface area contributed by atoms with E-state index in [0.717, 1.165) is 51.4 Å². The van der Waals surface area contributed by atoms with Gasteiger partial charge < -0.3 is 15.6 Å². The molecule has 0 aromatic rings. The summed E-state index contributed by atoms with van der Waals surface area (Å²) >= 11 is 0. The van der Waals surface area contributed by atoms with Crippen LogP contribution in [0.15, 0.2) is 0 Å². The minimum absolute atomic E-state index is 0. The number of aliphatic carboxylic acids is 1. The van der Waals surface area contributed by atoms with Crippen LogP contribution in [0.1, 0.15) is 155 Å². The second-order valence-electron chi connectivity index (χ2n) is 10.5. The summed E-state index contributed by atoms with van der Waals surface area (Å²) in [4.78, 5) is 24.4. The molecule has 2 unspecified atom stereocenters. The first-order chi connectivity index (χ1) is 17.1. The van der Waals surface area contributed by atoms with Crippen LogP contribution < -0.4 is 40.4 Å². The van der Waals surface area contributed by atoms with Crippen LogP contribution in [0.25, 0.3) is 0 Å². The Morgan fingerprint density at radius 3 is 1.32 bits per heavy atom. The van der Waals surface area contributed by atoms with E-state index in [-0.39, 0.29) is 48.8 Å². The van der Waals surface area contributed by atoms with Gasteiger partial charge in [0.05, 0.1) is 11.9 Å². The third kappa shape index (κ3) is 16.5. The average molecular weight is 556 g/mol. The van der Waals surface area contributed by atoms with Gasteiger partial charge >= 0.3 is 29.6 Å². The van der Waals surface area contributed by atoms with Gasteiger partial charge in [0.2, 0.25) is 5.91 Å². The van der Waals surface area contributed by atoms with E-state index < -0.39 is 32.7 Å². The standard InChI is InChI=1S/C28H55NO6S.Na/c1-3-5-7-9-11-13-15-17-19-21-23-25(26(29)30)28(27(31)32,36(33,34)35)24-22-20-18-16-14-12-10-8-6-4-2;/h25H,3-24H2,1-2H3,(H2,29,30)(H,31,32)(H,33,34,35);/q;+1/p-1. The molecule has 9 heteroatoms. The Hall–Kier alpha value is -0.150. The molecular weight excluding hydrogens is 501 g/mol. The van der Waals surface area contributed by atoms with Crippen LogP contribution in [0, 0.1) is 5.92 Å². The Kier molecular flexibility index (Phi) is 25.0. The molecule has 0 aliphatic heterocycles. The van der Waals surface area contributed by atoms with Crippen molar-refractivity contribution in [2.75, 3.05) is 0 Å². The summed E-state index contributed by atoms with van der Waals surface area (Å²) in [5.41, 5.74) is 5.49. The SMILES string of the molecule is CCCCCCCCCCCCC(C(N)=O)C(CCCCCCCCCCCC)(C(=O)[O-])S(=O)(=O)O.[Na+]. The molecule has 0 rings (SSSR count). The maximum atomic E-state index is 12.3. The number of unbranched alkanes of at least 4 members (excludes halogenated alkanes) is 18. The molecule has 1 amide bonds. The predicted octanol–water partition coefficient (Wildman–Crippen LogP) is 3.09. The number of carbonyl (C=O) groups is 2. The largest absolute Gasteiger partial charge is 1.00 e. The van der Waals surface area contributed by atoms with E-state index in [9.17, 15) is 27.7 Å². The number of carboxylic acids is 1. The summed E-state index contributed by atoms with van der Waals surface area (Å²) in [7, 11) is -5.11. The van der Waals surface area contributed by atoms with Crippen LogP contribution in [0.3, 0.4) is 0 Å². The number of amides is 1. The van der Waals surface area contributed by atoms with Crippen molar-refractivity contribution in [2.45, 2.75) is 160 Å². The molecule has 0 aromatic heterocycles. The molecule has 0 fully saturated rings. The van der Waals surface area contributed by atoms with Crippen LogP contribution in [-0.4, -0.2) is 29.6 Å². The molecule has 0 radical (unpaired) electrons. The number of hydrogen-bond donors (Lipinski definition) is 2. The normalized spacial score (nSPS) is 14.0. The molecule has 7 nitrogen and oxygen atoms in total. The number of nitrogens with two attached hydrogens (primary N) is 1. The van der Waals surface area contributed by atoms with Gasteiger partial charge in [-0.2, -0.15) is 8.42 Å². The van der Waals surface area contributed by atoms with Gasteiger partial charge in [-0.05, 0) is 12.8 Å². The summed E-state index contributed by atoms with van der Waals surface area (Å²) < 4.78 is 32.0. The van der Waals surface area contributed by atoms with Crippen LogP contribution >= 0.6 is 0 Å². The fourth-order valence-electron chi connectivity index (χ4n) is 5.15. The first-order valence-corrected chi connectivity index (χ1v) is 16.1. The van der Waals surface area contributed by atoms with Gasteiger partial charge in [0.15, 0.2) is 0 Å². The second-order valence-corrected chi connectivity index (χ2v) is 12.2. The van der Waals surface area contributed by atoms with E-state index >= 15 is 0 Å². The van der Waals surface area contributed by atoms with Gasteiger partial charge in [0.25, 0.3) is 10.1 Å². The van der Waals surface area contributed by atoms with Crippen molar-refractivity contribution in [3.05, 3.63) is 0 Å². The van der Waals surface area contributed by atoms with E-state index in [1.807, 2.05) is 0 Å². The predicted molar refractivity (Wildman–Crippen MR) is 145 cm³/mol. The van der Waals surface area contributed by atoms with Gasteiger partial charge in [0, 0.05) is 0 Å². The van der Waals surface area contributed by atoms with Crippen molar-refractivity contribution in [1.82, 2.24) is 0 Å². The molecule has 214 valence electrons. The van der Waals surface area contributed by atoms with Gasteiger partial charge in [0.1, 0.15) is 4.75 Å². The summed E-state index contributed by atoms with van der Waals surface area (Å²) in [5.74, 6) is -4.46. The topological polar surface area (TPSA) is 138 Å². The van der Waals surface area contributed by atoms with E-state index in [0.29, 0.717) is 12.8 Å². The Bertz CT molecular complexity index is 688. The number of carboxylic acid groups (broad SMARTS) is 1. The first kappa shape index (κ1) is 39.0. The minimum Gasteiger partial charge on any atom is -0.548 e. The Labute approximate surface area is 249 Å². The van der Waals surface area contributed by atoms with E-state index in [2.05, 4.69) is 13.8 Å². The molecule has 0 saturated heterocycles. The summed E-state index contributed by atoms with van der Waals surface area (Å²) in [5, 5.41) is 12.1. The molecule has 0 saturated carbocycles. The molecule has 0 heterocycles. The number of primary amides is 1. The van der Waals surface area contributed by atoms with Gasteiger partial charge in [-0.25, -0.2) is 0 Å². The zero-order valence-electron chi connectivity index (χ0n) is 24.1. The van der Waals surface area contributed by atoms with Crippen molar-refractivity contribution < 1.29 is 57.2 Å². The summed E-state index contributed by atoms with van der Waals surface area (Å²) in [6, 6.07) is 0. The monoisotopic (exact) mass is 555 g/mol. The van der Waals surface area contributed by atoms with Gasteiger partial charge in [-0.3, -0.25) is 9.35 Å². The third-order valence-electron chi connectivity index (χ3n) is 7.46. The van der Waals surface area contributed by atoms with Crippen LogP contribution in [0.5, 0.6) is 0 Å². The number of hydrogen-bond acceptors (Lipinski definition) is 5. The van der Waals surface area contributed by atoms with Crippen molar-refractivity contribution in [1.29, 1.82) is 0 Å². The van der Waals surface area contributed by atoms with E-state index in [4.69, 9.17) is 5.73 Å². The van der Waals surface area contributed by atoms with E-state index in [1.165, 1.54) is 57.8 Å². The fourth-order valence-corrected chi connectivity index (χ4v) is 6.36. The maximum Gasteiger partial charge on any atom is 1.00 e. The molecule has 0 bridgehead atoms. The second kappa shape index (κ2) is 23.7. The molecule has 37 heavy (non-hydrogen) atoms. The Balaban J connectivity index is 0. The Morgan fingerprint density at radius 1 is 0.703 bits per heavy atom. The molecular formula is C28H54NNaO6S. The minimum atomic E-state index is -5.11.